The normalized spacial score (nSPS) is 11.2. The molecule has 0 aliphatic rings. The first kappa shape index (κ1) is 12.7. The first-order chi connectivity index (χ1) is 6.41. The quantitative estimate of drug-likeness (QED) is 0.313. The zero-order valence-electron chi connectivity index (χ0n) is 8.92. The minimum absolute atomic E-state index is 0.444. The fourth-order valence-corrected chi connectivity index (χ4v) is 0.859. The first-order valence-corrected chi connectivity index (χ1v) is 5.22. The molecule has 0 saturated heterocycles. The van der Waals surface area contributed by atoms with Crippen LogP contribution in [0.1, 0.15) is 39.5 Å². The maximum absolute atomic E-state index is 5.25. The number of ether oxygens (including phenoxy) is 2. The Labute approximate surface area is 81.9 Å². The lowest BCUT2D eigenvalue weighted by Crippen LogP contribution is -2.01. The molecule has 13 heavy (non-hydrogen) atoms. The number of hydrogen-bond acceptors (Lipinski definition) is 2. The third-order valence-corrected chi connectivity index (χ3v) is 1.64. The molecule has 0 unspecified atom stereocenters. The maximum Gasteiger partial charge on any atom is 0.146 e. The van der Waals surface area contributed by atoms with Crippen LogP contribution in [0.3, 0.4) is 0 Å². The molecule has 0 spiro atoms. The predicted octanol–water partition coefficient (Wildman–Crippen LogP) is 3.13. The summed E-state index contributed by atoms with van der Waals surface area (Å²) in [6, 6.07) is 0. The molecule has 0 fully saturated rings. The molecule has 0 aromatic carbocycles. The third-order valence-electron chi connectivity index (χ3n) is 1.64. The lowest BCUT2D eigenvalue weighted by molar-refractivity contribution is -0.0528. The number of allylic oxidation sites excluding steroid dienone is 1. The Balaban J connectivity index is 2.87. The van der Waals surface area contributed by atoms with E-state index in [-0.39, 0.29) is 0 Å². The van der Waals surface area contributed by atoms with Gasteiger partial charge in [0.05, 0.1) is 6.61 Å². The molecule has 0 aliphatic carbocycles. The van der Waals surface area contributed by atoms with E-state index in [1.165, 1.54) is 6.42 Å². The average Bonchev–Trinajstić information content (AvgIpc) is 2.16. The molecular weight excluding hydrogens is 164 g/mol. The SMILES string of the molecule is CC/C=C/CCOCOCCCC. The molecule has 0 rings (SSSR count). The Morgan fingerprint density at radius 3 is 2.46 bits per heavy atom. The van der Waals surface area contributed by atoms with Gasteiger partial charge in [-0.25, -0.2) is 0 Å². The summed E-state index contributed by atoms with van der Waals surface area (Å²) in [5.41, 5.74) is 0. The molecule has 2 nitrogen and oxygen atoms in total. The molecule has 0 N–H and O–H groups in total. The van der Waals surface area contributed by atoms with Crippen molar-refractivity contribution in [3.63, 3.8) is 0 Å². The van der Waals surface area contributed by atoms with E-state index in [9.17, 15) is 0 Å². The summed E-state index contributed by atoms with van der Waals surface area (Å²) in [7, 11) is 0. The molecule has 0 bridgehead atoms. The van der Waals surface area contributed by atoms with Gasteiger partial charge < -0.3 is 9.47 Å². The highest BCUT2D eigenvalue weighted by atomic mass is 16.7. The second-order valence-electron chi connectivity index (χ2n) is 2.96. The zero-order valence-corrected chi connectivity index (χ0v) is 8.92. The van der Waals surface area contributed by atoms with E-state index >= 15 is 0 Å². The first-order valence-electron chi connectivity index (χ1n) is 5.22. The van der Waals surface area contributed by atoms with E-state index in [0.29, 0.717) is 6.79 Å². The third kappa shape index (κ3) is 11.7. The van der Waals surface area contributed by atoms with Gasteiger partial charge in [0.15, 0.2) is 0 Å². The maximum atomic E-state index is 5.25. The Hall–Kier alpha value is -0.340. The van der Waals surface area contributed by atoms with E-state index < -0.39 is 0 Å². The van der Waals surface area contributed by atoms with Crippen LogP contribution in [-0.2, 0) is 9.47 Å². The Bertz CT molecular complexity index is 111. The van der Waals surface area contributed by atoms with Gasteiger partial charge in [-0.15, -0.1) is 0 Å². The summed E-state index contributed by atoms with van der Waals surface area (Å²) in [6.45, 7) is 6.31. The van der Waals surface area contributed by atoms with Crippen molar-refractivity contribution in [1.82, 2.24) is 0 Å². The van der Waals surface area contributed by atoms with Crippen LogP contribution in [0.5, 0.6) is 0 Å². The van der Waals surface area contributed by atoms with Gasteiger partial charge in [0, 0.05) is 6.61 Å². The van der Waals surface area contributed by atoms with Crippen LogP contribution in [0.15, 0.2) is 12.2 Å². The molecule has 78 valence electrons. The lowest BCUT2D eigenvalue weighted by atomic mass is 10.3. The largest absolute Gasteiger partial charge is 0.355 e. The summed E-state index contributed by atoms with van der Waals surface area (Å²) in [5, 5.41) is 0. The summed E-state index contributed by atoms with van der Waals surface area (Å²) in [6.07, 6.45) is 8.70. The topological polar surface area (TPSA) is 18.5 Å². The van der Waals surface area contributed by atoms with Crippen LogP contribution in [0.2, 0.25) is 0 Å². The van der Waals surface area contributed by atoms with Crippen molar-refractivity contribution < 1.29 is 9.47 Å². The lowest BCUT2D eigenvalue weighted by Gasteiger charge is -2.03. The molecular formula is C11H22O2. The molecule has 0 aromatic rings. The van der Waals surface area contributed by atoms with Gasteiger partial charge in [0.1, 0.15) is 6.79 Å². The van der Waals surface area contributed by atoms with Crippen molar-refractivity contribution in [3.05, 3.63) is 12.2 Å². The second-order valence-corrected chi connectivity index (χ2v) is 2.96. The van der Waals surface area contributed by atoms with Crippen LogP contribution in [0.25, 0.3) is 0 Å². The molecule has 2 heteroatoms. The van der Waals surface area contributed by atoms with Crippen molar-refractivity contribution in [2.45, 2.75) is 39.5 Å². The highest BCUT2D eigenvalue weighted by molar-refractivity contribution is 4.79. The highest BCUT2D eigenvalue weighted by Crippen LogP contribution is 1.90. The van der Waals surface area contributed by atoms with Crippen molar-refractivity contribution in [2.24, 2.45) is 0 Å². The van der Waals surface area contributed by atoms with Crippen molar-refractivity contribution >= 4 is 0 Å². The van der Waals surface area contributed by atoms with E-state index in [4.69, 9.17) is 9.47 Å². The molecule has 0 aromatic heterocycles. The van der Waals surface area contributed by atoms with E-state index in [0.717, 1.165) is 32.5 Å². The van der Waals surface area contributed by atoms with Gasteiger partial charge in [-0.1, -0.05) is 32.4 Å². The fraction of sp³-hybridized carbons (Fsp3) is 0.818. The number of unbranched alkanes of at least 4 members (excludes halogenated alkanes) is 1. The molecule has 0 heterocycles. The van der Waals surface area contributed by atoms with Gasteiger partial charge in [-0.2, -0.15) is 0 Å². The minimum Gasteiger partial charge on any atom is -0.355 e. The zero-order chi connectivity index (χ0) is 9.78. The Kier molecular flexibility index (Phi) is 11.4. The molecule has 0 amide bonds. The van der Waals surface area contributed by atoms with Crippen LogP contribution in [0, 0.1) is 0 Å². The van der Waals surface area contributed by atoms with Crippen molar-refractivity contribution in [1.29, 1.82) is 0 Å². The Morgan fingerprint density at radius 1 is 1.00 bits per heavy atom. The van der Waals surface area contributed by atoms with Gasteiger partial charge in [0.25, 0.3) is 0 Å². The monoisotopic (exact) mass is 186 g/mol. The van der Waals surface area contributed by atoms with Crippen LogP contribution < -0.4 is 0 Å². The summed E-state index contributed by atoms with van der Waals surface area (Å²) >= 11 is 0. The van der Waals surface area contributed by atoms with Crippen LogP contribution in [0.4, 0.5) is 0 Å². The summed E-state index contributed by atoms with van der Waals surface area (Å²) in [5.74, 6) is 0. The molecule has 0 atom stereocenters. The van der Waals surface area contributed by atoms with Crippen molar-refractivity contribution in [2.75, 3.05) is 20.0 Å². The van der Waals surface area contributed by atoms with Crippen molar-refractivity contribution in [3.8, 4) is 0 Å². The standard InChI is InChI=1S/C11H22O2/c1-3-5-7-8-10-13-11-12-9-6-4-2/h5,7H,3-4,6,8-11H2,1-2H3/b7-5+. The number of hydrogen-bond donors (Lipinski definition) is 0. The van der Waals surface area contributed by atoms with Gasteiger partial charge in [-0.3, -0.25) is 0 Å². The van der Waals surface area contributed by atoms with Gasteiger partial charge >= 0.3 is 0 Å². The minimum atomic E-state index is 0.444. The molecule has 0 aliphatic heterocycles. The summed E-state index contributed by atoms with van der Waals surface area (Å²) in [4.78, 5) is 0. The van der Waals surface area contributed by atoms with E-state index in [1.807, 2.05) is 0 Å². The number of rotatable bonds is 9. The summed E-state index contributed by atoms with van der Waals surface area (Å²) < 4.78 is 10.5. The van der Waals surface area contributed by atoms with Crippen LogP contribution >= 0.6 is 0 Å². The fourth-order valence-electron chi connectivity index (χ4n) is 0.859. The van der Waals surface area contributed by atoms with Crippen LogP contribution in [-0.4, -0.2) is 20.0 Å². The Morgan fingerprint density at radius 2 is 1.77 bits per heavy atom. The smallest absolute Gasteiger partial charge is 0.146 e. The second kappa shape index (κ2) is 11.7. The highest BCUT2D eigenvalue weighted by Gasteiger charge is 1.86. The van der Waals surface area contributed by atoms with E-state index in [1.54, 1.807) is 0 Å². The average molecular weight is 186 g/mol. The van der Waals surface area contributed by atoms with E-state index in [2.05, 4.69) is 26.0 Å². The van der Waals surface area contributed by atoms with Gasteiger partial charge in [-0.05, 0) is 19.3 Å². The molecule has 0 radical (unpaired) electrons. The molecule has 0 saturated carbocycles. The predicted molar refractivity (Wildman–Crippen MR) is 55.7 cm³/mol. The van der Waals surface area contributed by atoms with Gasteiger partial charge in [0.2, 0.25) is 0 Å².